The van der Waals surface area contributed by atoms with Crippen molar-refractivity contribution in [3.05, 3.63) is 36.7 Å². The zero-order valence-electron chi connectivity index (χ0n) is 11.3. The lowest BCUT2D eigenvalue weighted by Gasteiger charge is -2.17. The second-order valence-electron chi connectivity index (χ2n) is 5.29. The van der Waals surface area contributed by atoms with E-state index in [1.54, 1.807) is 6.20 Å². The van der Waals surface area contributed by atoms with Crippen molar-refractivity contribution in [2.75, 3.05) is 5.32 Å². The van der Waals surface area contributed by atoms with Gasteiger partial charge in [-0.25, -0.2) is 4.68 Å². The van der Waals surface area contributed by atoms with Gasteiger partial charge in [0, 0.05) is 6.04 Å². The molecule has 1 fully saturated rings. The molecule has 2 atom stereocenters. The molecule has 0 radical (unpaired) electrons. The smallest absolute Gasteiger partial charge is 0.0894 e. The molecule has 1 aromatic heterocycles. The van der Waals surface area contributed by atoms with Crippen molar-refractivity contribution in [2.45, 2.75) is 38.6 Å². The molecule has 0 aliphatic heterocycles. The topological polar surface area (TPSA) is 42.7 Å². The van der Waals surface area contributed by atoms with E-state index in [4.69, 9.17) is 0 Å². The zero-order valence-corrected chi connectivity index (χ0v) is 11.3. The molecule has 2 unspecified atom stereocenters. The van der Waals surface area contributed by atoms with Crippen LogP contribution in [-0.2, 0) is 0 Å². The summed E-state index contributed by atoms with van der Waals surface area (Å²) >= 11 is 0. The predicted octanol–water partition coefficient (Wildman–Crippen LogP) is 3.26. The van der Waals surface area contributed by atoms with Crippen LogP contribution in [0.5, 0.6) is 0 Å². The van der Waals surface area contributed by atoms with Gasteiger partial charge in [0.25, 0.3) is 0 Å². The van der Waals surface area contributed by atoms with Crippen LogP contribution in [0.3, 0.4) is 0 Å². The number of rotatable bonds is 4. The van der Waals surface area contributed by atoms with E-state index in [1.165, 1.54) is 25.7 Å². The average molecular weight is 256 g/mol. The molecule has 3 rings (SSSR count). The van der Waals surface area contributed by atoms with Crippen molar-refractivity contribution in [1.82, 2.24) is 15.0 Å². The van der Waals surface area contributed by atoms with Gasteiger partial charge in [-0.05, 0) is 37.3 Å². The van der Waals surface area contributed by atoms with E-state index >= 15 is 0 Å². The Morgan fingerprint density at radius 1 is 1.32 bits per heavy atom. The summed E-state index contributed by atoms with van der Waals surface area (Å²) in [5, 5.41) is 11.6. The van der Waals surface area contributed by atoms with Gasteiger partial charge in [0.1, 0.15) is 0 Å². The van der Waals surface area contributed by atoms with Crippen LogP contribution in [-0.4, -0.2) is 21.0 Å². The highest BCUT2D eigenvalue weighted by molar-refractivity contribution is 5.61. The lowest BCUT2D eigenvalue weighted by atomic mass is 10.1. The van der Waals surface area contributed by atoms with Gasteiger partial charge in [-0.3, -0.25) is 0 Å². The Kier molecular flexibility index (Phi) is 3.49. The molecule has 1 aromatic carbocycles. The molecular formula is C15H20N4. The van der Waals surface area contributed by atoms with Crippen molar-refractivity contribution in [2.24, 2.45) is 5.92 Å². The van der Waals surface area contributed by atoms with E-state index in [9.17, 15) is 0 Å². The van der Waals surface area contributed by atoms with Crippen molar-refractivity contribution < 1.29 is 0 Å². The Morgan fingerprint density at radius 3 is 2.95 bits per heavy atom. The molecule has 2 aromatic rings. The number of nitrogens with zero attached hydrogens (tertiary/aromatic N) is 3. The quantitative estimate of drug-likeness (QED) is 0.913. The standard InChI is InChI=1S/C15H20N4/c1-2-12-7-8-13(11-12)17-14-5-3-4-6-15(14)19-10-9-16-18-19/h3-6,9-10,12-13,17H,2,7-8,11H2,1H3. The van der Waals surface area contributed by atoms with Crippen LogP contribution in [0.2, 0.25) is 0 Å². The molecule has 0 bridgehead atoms. The van der Waals surface area contributed by atoms with Crippen LogP contribution in [0, 0.1) is 5.92 Å². The second-order valence-corrected chi connectivity index (χ2v) is 5.29. The van der Waals surface area contributed by atoms with Crippen LogP contribution in [0.15, 0.2) is 36.7 Å². The minimum atomic E-state index is 0.592. The molecule has 19 heavy (non-hydrogen) atoms. The minimum Gasteiger partial charge on any atom is -0.381 e. The summed E-state index contributed by atoms with van der Waals surface area (Å²) in [7, 11) is 0. The SMILES string of the molecule is CCC1CCC(Nc2ccccc2-n2ccnn2)C1. The highest BCUT2D eigenvalue weighted by atomic mass is 15.4. The molecule has 1 N–H and O–H groups in total. The van der Waals surface area contributed by atoms with Crippen molar-refractivity contribution in [3.63, 3.8) is 0 Å². The van der Waals surface area contributed by atoms with E-state index in [0.717, 1.165) is 17.3 Å². The van der Waals surface area contributed by atoms with Crippen molar-refractivity contribution in [3.8, 4) is 5.69 Å². The third kappa shape index (κ3) is 2.62. The first-order chi connectivity index (χ1) is 9.36. The number of nitrogens with one attached hydrogen (secondary N) is 1. The van der Waals surface area contributed by atoms with E-state index in [1.807, 2.05) is 16.9 Å². The summed E-state index contributed by atoms with van der Waals surface area (Å²) in [6.45, 7) is 2.29. The van der Waals surface area contributed by atoms with Crippen molar-refractivity contribution in [1.29, 1.82) is 0 Å². The van der Waals surface area contributed by atoms with Crippen LogP contribution < -0.4 is 5.32 Å². The van der Waals surface area contributed by atoms with Gasteiger partial charge in [-0.2, -0.15) is 0 Å². The van der Waals surface area contributed by atoms with Gasteiger partial charge in [0.05, 0.1) is 23.8 Å². The largest absolute Gasteiger partial charge is 0.381 e. The summed E-state index contributed by atoms with van der Waals surface area (Å²) in [5.74, 6) is 0.885. The Bertz CT molecular complexity index is 521. The molecule has 0 amide bonds. The van der Waals surface area contributed by atoms with Crippen LogP contribution in [0.1, 0.15) is 32.6 Å². The molecule has 1 aliphatic carbocycles. The van der Waals surface area contributed by atoms with E-state index in [-0.39, 0.29) is 0 Å². The highest BCUT2D eigenvalue weighted by Crippen LogP contribution is 2.31. The van der Waals surface area contributed by atoms with Gasteiger partial charge in [0.15, 0.2) is 0 Å². The Labute approximate surface area is 113 Å². The van der Waals surface area contributed by atoms with Crippen LogP contribution in [0.4, 0.5) is 5.69 Å². The predicted molar refractivity (Wildman–Crippen MR) is 76.4 cm³/mol. The molecule has 0 spiro atoms. The normalized spacial score (nSPS) is 22.6. The number of hydrogen-bond donors (Lipinski definition) is 1. The van der Waals surface area contributed by atoms with Crippen LogP contribution >= 0.6 is 0 Å². The fraction of sp³-hybridized carbons (Fsp3) is 0.467. The first-order valence-electron chi connectivity index (χ1n) is 7.09. The number of aromatic nitrogens is 3. The number of hydrogen-bond acceptors (Lipinski definition) is 3. The zero-order chi connectivity index (χ0) is 13.1. The summed E-state index contributed by atoms with van der Waals surface area (Å²) in [6.07, 6.45) is 8.78. The molecule has 1 aliphatic rings. The lowest BCUT2D eigenvalue weighted by Crippen LogP contribution is -2.17. The molecule has 0 saturated heterocycles. The molecule has 4 heteroatoms. The Morgan fingerprint density at radius 2 is 2.21 bits per heavy atom. The van der Waals surface area contributed by atoms with Gasteiger partial charge in [-0.1, -0.05) is 30.7 Å². The van der Waals surface area contributed by atoms with E-state index < -0.39 is 0 Å². The molecule has 4 nitrogen and oxygen atoms in total. The van der Waals surface area contributed by atoms with E-state index in [0.29, 0.717) is 6.04 Å². The first-order valence-corrected chi connectivity index (χ1v) is 7.09. The van der Waals surface area contributed by atoms with Crippen molar-refractivity contribution >= 4 is 5.69 Å². The van der Waals surface area contributed by atoms with E-state index in [2.05, 4.69) is 40.8 Å². The third-order valence-corrected chi connectivity index (χ3v) is 4.05. The molecule has 1 heterocycles. The number of benzene rings is 1. The van der Waals surface area contributed by atoms with Gasteiger partial charge in [0.2, 0.25) is 0 Å². The monoisotopic (exact) mass is 256 g/mol. The Balaban J connectivity index is 1.78. The summed E-state index contributed by atoms with van der Waals surface area (Å²) in [6, 6.07) is 8.88. The van der Waals surface area contributed by atoms with Gasteiger partial charge < -0.3 is 5.32 Å². The highest BCUT2D eigenvalue weighted by Gasteiger charge is 2.23. The van der Waals surface area contributed by atoms with Gasteiger partial charge in [-0.15, -0.1) is 5.10 Å². The lowest BCUT2D eigenvalue weighted by molar-refractivity contribution is 0.525. The number of anilines is 1. The summed E-state index contributed by atoms with van der Waals surface area (Å²) in [5.41, 5.74) is 2.22. The Hall–Kier alpha value is -1.84. The second kappa shape index (κ2) is 5.43. The maximum absolute atomic E-state index is 4.08. The molecule has 1 saturated carbocycles. The maximum Gasteiger partial charge on any atom is 0.0894 e. The fourth-order valence-electron chi connectivity index (χ4n) is 2.93. The van der Waals surface area contributed by atoms with Crippen LogP contribution in [0.25, 0.3) is 5.69 Å². The minimum absolute atomic E-state index is 0.592. The molecular weight excluding hydrogens is 236 g/mol. The summed E-state index contributed by atoms with van der Waals surface area (Å²) < 4.78 is 1.81. The fourth-order valence-corrected chi connectivity index (χ4v) is 2.93. The first kappa shape index (κ1) is 12.2. The number of para-hydroxylation sites is 2. The molecule has 100 valence electrons. The summed E-state index contributed by atoms with van der Waals surface area (Å²) in [4.78, 5) is 0. The maximum atomic E-state index is 4.08. The third-order valence-electron chi connectivity index (χ3n) is 4.05. The van der Waals surface area contributed by atoms with Gasteiger partial charge >= 0.3 is 0 Å². The average Bonchev–Trinajstić information content (AvgIpc) is 3.10.